The summed E-state index contributed by atoms with van der Waals surface area (Å²) in [5.41, 5.74) is 0.0888. The summed E-state index contributed by atoms with van der Waals surface area (Å²) in [6, 6.07) is 3.11. The van der Waals surface area contributed by atoms with Gasteiger partial charge in [0.15, 0.2) is 22.3 Å². The van der Waals surface area contributed by atoms with Crippen LogP contribution in [0.15, 0.2) is 29.3 Å². The molecule has 1 fully saturated rings. The first-order valence-corrected chi connectivity index (χ1v) is 10.7. The zero-order valence-corrected chi connectivity index (χ0v) is 17.4. The van der Waals surface area contributed by atoms with Crippen molar-refractivity contribution in [2.45, 2.75) is 11.3 Å². The Hall–Kier alpha value is -2.04. The highest BCUT2D eigenvalue weighted by molar-refractivity contribution is 7.92. The number of sulfonamides is 1. The van der Waals surface area contributed by atoms with Gasteiger partial charge in [0.05, 0.1) is 5.69 Å². The quantitative estimate of drug-likeness (QED) is 0.687. The highest BCUT2D eigenvalue weighted by atomic mass is 35.5. The van der Waals surface area contributed by atoms with E-state index in [1.165, 1.54) is 6.07 Å². The number of halogens is 4. The van der Waals surface area contributed by atoms with Crippen molar-refractivity contribution in [3.8, 4) is 0 Å². The second-order valence-corrected chi connectivity index (χ2v) is 9.13. The average Bonchev–Trinajstić information content (AvgIpc) is 3.07. The molecule has 11 heteroatoms. The molecule has 1 aromatic carbocycles. The third-order valence-electron chi connectivity index (χ3n) is 4.61. The van der Waals surface area contributed by atoms with Gasteiger partial charge in [-0.2, -0.15) is 0 Å². The lowest BCUT2D eigenvalue weighted by Gasteiger charge is -2.22. The van der Waals surface area contributed by atoms with E-state index in [9.17, 15) is 21.6 Å². The Balaban J connectivity index is 1.93. The Morgan fingerprint density at radius 2 is 2.03 bits per heavy atom. The Morgan fingerprint density at radius 1 is 1.31 bits per heavy atom. The molecule has 3 rings (SSSR count). The largest absolute Gasteiger partial charge is 0.370 e. The second kappa shape index (κ2) is 8.37. The van der Waals surface area contributed by atoms with E-state index >= 15 is 0 Å². The number of nitrogens with one attached hydrogen (secondary N) is 1. The minimum Gasteiger partial charge on any atom is -0.370 e. The number of hydrogen-bond donors (Lipinski definition) is 1. The van der Waals surface area contributed by atoms with Crippen LogP contribution in [0.25, 0.3) is 0 Å². The van der Waals surface area contributed by atoms with E-state index in [-0.39, 0.29) is 5.69 Å². The summed E-state index contributed by atoms with van der Waals surface area (Å²) in [4.78, 5) is 6.00. The molecule has 6 nitrogen and oxygen atoms in total. The van der Waals surface area contributed by atoms with Crippen molar-refractivity contribution >= 4 is 33.1 Å². The monoisotopic (exact) mass is 448 g/mol. The Kier molecular flexibility index (Phi) is 6.25. The second-order valence-electron chi connectivity index (χ2n) is 7.14. The summed E-state index contributed by atoms with van der Waals surface area (Å²) in [6.45, 7) is 1.89. The molecule has 0 radical (unpaired) electrons. The predicted octanol–water partition coefficient (Wildman–Crippen LogP) is 3.34. The Bertz CT molecular complexity index is 1020. The fourth-order valence-electron chi connectivity index (χ4n) is 3.40. The molecular formula is C18H20ClF3N4O2S. The Labute approximate surface area is 172 Å². The van der Waals surface area contributed by atoms with E-state index in [0.717, 1.165) is 31.3 Å². The van der Waals surface area contributed by atoms with Crippen LogP contribution in [-0.2, 0) is 10.0 Å². The third-order valence-corrected chi connectivity index (χ3v) is 6.34. The van der Waals surface area contributed by atoms with Gasteiger partial charge in [0.1, 0.15) is 10.8 Å². The van der Waals surface area contributed by atoms with Gasteiger partial charge in [-0.15, -0.1) is 0 Å². The molecule has 1 unspecified atom stereocenters. The first kappa shape index (κ1) is 21.7. The van der Waals surface area contributed by atoms with Crippen molar-refractivity contribution in [2.75, 3.05) is 43.4 Å². The number of rotatable bonds is 6. The molecule has 1 aliphatic rings. The van der Waals surface area contributed by atoms with Crippen molar-refractivity contribution in [3.63, 3.8) is 0 Å². The number of benzene rings is 1. The third kappa shape index (κ3) is 4.59. The molecule has 0 bridgehead atoms. The van der Waals surface area contributed by atoms with Crippen molar-refractivity contribution in [1.29, 1.82) is 0 Å². The van der Waals surface area contributed by atoms with E-state index in [0.29, 0.717) is 19.0 Å². The summed E-state index contributed by atoms with van der Waals surface area (Å²) in [5, 5.41) is -0.501. The van der Waals surface area contributed by atoms with Crippen LogP contribution in [0.1, 0.15) is 6.42 Å². The van der Waals surface area contributed by atoms with Crippen molar-refractivity contribution < 1.29 is 21.6 Å². The minimum absolute atomic E-state index is 0.0888. The molecule has 158 valence electrons. The highest BCUT2D eigenvalue weighted by Crippen LogP contribution is 2.37. The average molecular weight is 449 g/mol. The summed E-state index contributed by atoms with van der Waals surface area (Å²) in [7, 11) is -0.926. The van der Waals surface area contributed by atoms with Crippen molar-refractivity contribution in [3.05, 3.63) is 46.9 Å². The van der Waals surface area contributed by atoms with Gasteiger partial charge >= 0.3 is 0 Å². The molecule has 1 aromatic heterocycles. The molecule has 0 amide bonds. The fourth-order valence-corrected chi connectivity index (χ4v) is 4.88. The normalized spacial score (nSPS) is 17.2. The maximum absolute atomic E-state index is 14.8. The lowest BCUT2D eigenvalue weighted by molar-refractivity contribution is 0.340. The first-order chi connectivity index (χ1) is 13.6. The summed E-state index contributed by atoms with van der Waals surface area (Å²) in [5.74, 6) is -4.10. The van der Waals surface area contributed by atoms with Crippen LogP contribution in [0.4, 0.5) is 24.7 Å². The van der Waals surface area contributed by atoms with E-state index < -0.39 is 43.2 Å². The van der Waals surface area contributed by atoms with Gasteiger partial charge in [-0.3, -0.25) is 4.72 Å². The van der Waals surface area contributed by atoms with Crippen LogP contribution >= 0.6 is 11.6 Å². The molecule has 0 saturated carbocycles. The summed E-state index contributed by atoms with van der Waals surface area (Å²) in [6.07, 6.45) is 1.96. The van der Waals surface area contributed by atoms with Crippen LogP contribution < -0.4 is 9.62 Å². The molecule has 0 aliphatic carbocycles. The van der Waals surface area contributed by atoms with E-state index in [2.05, 4.69) is 4.98 Å². The van der Waals surface area contributed by atoms with Gasteiger partial charge in [0.2, 0.25) is 0 Å². The molecule has 0 spiro atoms. The van der Waals surface area contributed by atoms with Crippen LogP contribution in [0.3, 0.4) is 0 Å². The Morgan fingerprint density at radius 3 is 2.69 bits per heavy atom. The van der Waals surface area contributed by atoms with Gasteiger partial charge in [0.25, 0.3) is 10.0 Å². The maximum Gasteiger partial charge on any atom is 0.269 e. The zero-order valence-electron chi connectivity index (χ0n) is 15.8. The van der Waals surface area contributed by atoms with Crippen LogP contribution in [0.5, 0.6) is 0 Å². The number of aromatic nitrogens is 1. The number of hydrogen-bond acceptors (Lipinski definition) is 5. The maximum atomic E-state index is 14.8. The standard InChI is InChI=1S/C18H20ClF3N4O2S/c1-25(2)9-11-5-7-26(10-11)14-8-13(21)17(16(22)15(14)19)29(27,28)24-18-12(20)4-3-6-23-18/h3-4,6,8,11H,5,7,9-10H2,1-2H3,(H,23,24). The van der Waals surface area contributed by atoms with Crippen LogP contribution in [-0.4, -0.2) is 52.0 Å². The first-order valence-electron chi connectivity index (χ1n) is 8.80. The molecule has 2 aromatic rings. The topological polar surface area (TPSA) is 65.5 Å². The number of pyridine rings is 1. The summed E-state index contributed by atoms with van der Waals surface area (Å²) < 4.78 is 69.9. The van der Waals surface area contributed by atoms with Crippen molar-refractivity contribution in [2.24, 2.45) is 5.92 Å². The molecular weight excluding hydrogens is 429 g/mol. The number of nitrogens with zero attached hydrogens (tertiary/aromatic N) is 3. The molecule has 1 atom stereocenters. The van der Waals surface area contributed by atoms with Gasteiger partial charge in [-0.05, 0) is 38.6 Å². The van der Waals surface area contributed by atoms with E-state index in [1.807, 2.05) is 19.0 Å². The molecule has 1 N–H and O–H groups in total. The zero-order chi connectivity index (χ0) is 21.3. The van der Waals surface area contributed by atoms with Gasteiger partial charge in [-0.25, -0.2) is 26.6 Å². The molecule has 1 aliphatic heterocycles. The van der Waals surface area contributed by atoms with Crippen molar-refractivity contribution in [1.82, 2.24) is 9.88 Å². The summed E-state index contributed by atoms with van der Waals surface area (Å²) >= 11 is 6.07. The van der Waals surface area contributed by atoms with E-state index in [1.54, 1.807) is 9.62 Å². The smallest absolute Gasteiger partial charge is 0.269 e. The predicted molar refractivity (Wildman–Crippen MR) is 105 cm³/mol. The number of anilines is 2. The molecule has 29 heavy (non-hydrogen) atoms. The SMILES string of the molecule is CN(C)CC1CCN(c2cc(F)c(S(=O)(=O)Nc3ncccc3F)c(F)c2Cl)C1. The lowest BCUT2D eigenvalue weighted by atomic mass is 10.1. The van der Waals surface area contributed by atoms with Crippen LogP contribution in [0.2, 0.25) is 5.02 Å². The lowest BCUT2D eigenvalue weighted by Crippen LogP contribution is -2.26. The fraction of sp³-hybridized carbons (Fsp3) is 0.389. The van der Waals surface area contributed by atoms with Crippen LogP contribution in [0, 0.1) is 23.4 Å². The van der Waals surface area contributed by atoms with Gasteiger partial charge < -0.3 is 9.80 Å². The minimum atomic E-state index is -4.80. The molecule has 1 saturated heterocycles. The molecule has 2 heterocycles. The van der Waals surface area contributed by atoms with Gasteiger partial charge in [-0.1, -0.05) is 11.6 Å². The highest BCUT2D eigenvalue weighted by Gasteiger charge is 2.32. The van der Waals surface area contributed by atoms with E-state index in [4.69, 9.17) is 11.6 Å². The van der Waals surface area contributed by atoms with Gasteiger partial charge in [0, 0.05) is 31.9 Å².